The van der Waals surface area contributed by atoms with Gasteiger partial charge in [-0.25, -0.2) is 13.4 Å². The molecule has 3 aromatic rings. The van der Waals surface area contributed by atoms with Crippen LogP contribution in [0.5, 0.6) is 0 Å². The zero-order valence-electron chi connectivity index (χ0n) is 14.6. The highest BCUT2D eigenvalue weighted by atomic mass is 35.5. The molecule has 3 aromatic heterocycles. The summed E-state index contributed by atoms with van der Waals surface area (Å²) in [6.07, 6.45) is 6.40. The Kier molecular flexibility index (Phi) is 4.53. The van der Waals surface area contributed by atoms with Gasteiger partial charge in [-0.15, -0.1) is 0 Å². The van der Waals surface area contributed by atoms with Crippen LogP contribution in [0.1, 0.15) is 13.0 Å². The molecule has 0 aromatic carbocycles. The van der Waals surface area contributed by atoms with Crippen molar-refractivity contribution in [2.75, 3.05) is 24.7 Å². The van der Waals surface area contributed by atoms with Crippen LogP contribution in [0, 0.1) is 0 Å². The van der Waals surface area contributed by atoms with Crippen molar-refractivity contribution < 1.29 is 8.42 Å². The largest absolute Gasteiger partial charge is 0.331 e. The van der Waals surface area contributed by atoms with E-state index in [1.807, 2.05) is 17.7 Å². The van der Waals surface area contributed by atoms with Gasteiger partial charge in [-0.1, -0.05) is 23.2 Å². The van der Waals surface area contributed by atoms with Crippen LogP contribution in [0.2, 0.25) is 10.2 Å². The minimum absolute atomic E-state index is 0.0488. The number of hydrogen-bond donors (Lipinski definition) is 1. The number of fused-ring (bicyclic) bond motifs is 1. The standard InChI is InChI=1S/C15H17Cl2N7O2S/c1-3-22-7-11(16)10-4-18-15(20-14(10)22)19-12-8-24(21-13(12)17)9-5-23(6-9)27(2,25)26/h4,7-9H,3,5-6H2,1-2H3,(H,18,19,20). The summed E-state index contributed by atoms with van der Waals surface area (Å²) in [7, 11) is -3.17. The third-order valence-electron chi connectivity index (χ3n) is 4.51. The third kappa shape index (κ3) is 3.38. The van der Waals surface area contributed by atoms with Crippen molar-refractivity contribution in [3.8, 4) is 0 Å². The van der Waals surface area contributed by atoms with E-state index in [4.69, 9.17) is 23.2 Å². The Morgan fingerprint density at radius 1 is 1.30 bits per heavy atom. The van der Waals surface area contributed by atoms with E-state index >= 15 is 0 Å². The van der Waals surface area contributed by atoms with E-state index in [2.05, 4.69) is 20.4 Å². The first kappa shape index (κ1) is 18.5. The van der Waals surface area contributed by atoms with Gasteiger partial charge in [-0.2, -0.15) is 14.4 Å². The van der Waals surface area contributed by atoms with Crippen molar-refractivity contribution in [3.05, 3.63) is 28.8 Å². The average molecular weight is 430 g/mol. The smallest absolute Gasteiger partial charge is 0.229 e. The minimum Gasteiger partial charge on any atom is -0.331 e. The second-order valence-electron chi connectivity index (χ2n) is 6.37. The summed E-state index contributed by atoms with van der Waals surface area (Å²) < 4.78 is 28.0. The predicted molar refractivity (Wildman–Crippen MR) is 104 cm³/mol. The Labute approximate surface area is 165 Å². The van der Waals surface area contributed by atoms with Gasteiger partial charge in [0.1, 0.15) is 5.65 Å². The van der Waals surface area contributed by atoms with Gasteiger partial charge in [0.05, 0.1) is 34.6 Å². The first-order chi connectivity index (χ1) is 12.8. The number of nitrogens with zero attached hydrogens (tertiary/aromatic N) is 6. The molecule has 1 aliphatic heterocycles. The highest BCUT2D eigenvalue weighted by Gasteiger charge is 2.35. The number of hydrogen-bond acceptors (Lipinski definition) is 6. The van der Waals surface area contributed by atoms with E-state index in [-0.39, 0.29) is 11.2 Å². The molecule has 27 heavy (non-hydrogen) atoms. The number of rotatable bonds is 5. The fourth-order valence-corrected chi connectivity index (χ4v) is 4.26. The molecule has 1 aliphatic rings. The average Bonchev–Trinajstić information content (AvgIpc) is 3.05. The summed E-state index contributed by atoms with van der Waals surface area (Å²) in [5, 5.41) is 8.97. The SMILES string of the molecule is CCn1cc(Cl)c2cnc(Nc3cn(C4CN(S(C)(=O)=O)C4)nc3Cl)nc21. The van der Waals surface area contributed by atoms with Gasteiger partial charge < -0.3 is 9.88 Å². The van der Waals surface area contributed by atoms with Gasteiger partial charge in [-0.05, 0) is 6.92 Å². The van der Waals surface area contributed by atoms with Crippen molar-refractivity contribution in [1.82, 2.24) is 28.6 Å². The van der Waals surface area contributed by atoms with Crippen molar-refractivity contribution in [3.63, 3.8) is 0 Å². The molecule has 12 heteroatoms. The van der Waals surface area contributed by atoms with Crippen LogP contribution in [0.15, 0.2) is 18.6 Å². The van der Waals surface area contributed by atoms with Gasteiger partial charge >= 0.3 is 0 Å². The van der Waals surface area contributed by atoms with Crippen molar-refractivity contribution in [2.45, 2.75) is 19.5 Å². The molecule has 1 fully saturated rings. The normalized spacial score (nSPS) is 16.0. The Bertz CT molecular complexity index is 1120. The Hall–Kier alpha value is -1.88. The van der Waals surface area contributed by atoms with Gasteiger partial charge in [0.15, 0.2) is 5.15 Å². The number of sulfonamides is 1. The number of aromatic nitrogens is 5. The van der Waals surface area contributed by atoms with Gasteiger partial charge in [0.25, 0.3) is 0 Å². The highest BCUT2D eigenvalue weighted by molar-refractivity contribution is 7.88. The van der Waals surface area contributed by atoms with Crippen LogP contribution in [0.25, 0.3) is 11.0 Å². The quantitative estimate of drug-likeness (QED) is 0.668. The summed E-state index contributed by atoms with van der Waals surface area (Å²) in [5.41, 5.74) is 1.28. The van der Waals surface area contributed by atoms with Crippen molar-refractivity contribution in [1.29, 1.82) is 0 Å². The molecule has 0 atom stereocenters. The lowest BCUT2D eigenvalue weighted by molar-refractivity contribution is 0.192. The summed E-state index contributed by atoms with van der Waals surface area (Å²) in [5.74, 6) is 0.375. The number of halogens is 2. The highest BCUT2D eigenvalue weighted by Crippen LogP contribution is 2.30. The maximum Gasteiger partial charge on any atom is 0.229 e. The van der Waals surface area contributed by atoms with Gasteiger partial charge in [0.2, 0.25) is 16.0 Å². The van der Waals surface area contributed by atoms with Crippen molar-refractivity contribution >= 4 is 55.9 Å². The van der Waals surface area contributed by atoms with E-state index < -0.39 is 10.0 Å². The number of aryl methyl sites for hydroxylation is 1. The molecule has 4 heterocycles. The molecule has 0 aliphatic carbocycles. The molecular weight excluding hydrogens is 413 g/mol. The fourth-order valence-electron chi connectivity index (χ4n) is 2.94. The Morgan fingerprint density at radius 3 is 2.70 bits per heavy atom. The number of nitrogens with one attached hydrogen (secondary N) is 1. The summed E-state index contributed by atoms with van der Waals surface area (Å²) >= 11 is 12.4. The maximum atomic E-state index is 11.5. The third-order valence-corrected chi connectivity index (χ3v) is 6.33. The first-order valence-electron chi connectivity index (χ1n) is 8.24. The van der Waals surface area contributed by atoms with Gasteiger partial charge in [-0.3, -0.25) is 4.68 Å². The van der Waals surface area contributed by atoms with Crippen molar-refractivity contribution in [2.24, 2.45) is 0 Å². The minimum atomic E-state index is -3.17. The van der Waals surface area contributed by atoms with E-state index in [9.17, 15) is 8.42 Å². The van der Waals surface area contributed by atoms with E-state index in [1.54, 1.807) is 17.1 Å². The second-order valence-corrected chi connectivity index (χ2v) is 9.11. The maximum absolute atomic E-state index is 11.5. The van der Waals surface area contributed by atoms with Crippen LogP contribution in [-0.2, 0) is 16.6 Å². The predicted octanol–water partition coefficient (Wildman–Crippen LogP) is 2.51. The second kappa shape index (κ2) is 6.62. The van der Waals surface area contributed by atoms with Crippen LogP contribution in [0.3, 0.4) is 0 Å². The monoisotopic (exact) mass is 429 g/mol. The molecule has 1 N–H and O–H groups in total. The Balaban J connectivity index is 1.55. The lowest BCUT2D eigenvalue weighted by Crippen LogP contribution is -2.50. The molecule has 9 nitrogen and oxygen atoms in total. The molecule has 1 saturated heterocycles. The topological polar surface area (TPSA) is 97.9 Å². The van der Waals surface area contributed by atoms with Crippen LogP contribution < -0.4 is 5.32 Å². The first-order valence-corrected chi connectivity index (χ1v) is 10.8. The lowest BCUT2D eigenvalue weighted by Gasteiger charge is -2.36. The molecule has 0 saturated carbocycles. The Morgan fingerprint density at radius 2 is 2.04 bits per heavy atom. The summed E-state index contributed by atoms with van der Waals surface area (Å²) in [6.45, 7) is 3.49. The zero-order chi connectivity index (χ0) is 19.3. The molecule has 4 rings (SSSR count). The molecule has 0 spiro atoms. The molecule has 0 amide bonds. The fraction of sp³-hybridized carbons (Fsp3) is 0.400. The number of anilines is 2. The molecule has 0 radical (unpaired) electrons. The molecule has 144 valence electrons. The summed E-state index contributed by atoms with van der Waals surface area (Å²) in [4.78, 5) is 8.79. The van der Waals surface area contributed by atoms with E-state index in [1.165, 1.54) is 10.6 Å². The van der Waals surface area contributed by atoms with E-state index in [0.717, 1.165) is 17.6 Å². The molecular formula is C15H17Cl2N7O2S. The van der Waals surface area contributed by atoms with Crippen LogP contribution >= 0.6 is 23.2 Å². The van der Waals surface area contributed by atoms with E-state index in [0.29, 0.717) is 29.7 Å². The molecule has 0 bridgehead atoms. The summed E-state index contributed by atoms with van der Waals surface area (Å²) in [6, 6.07) is -0.0488. The zero-order valence-corrected chi connectivity index (χ0v) is 16.9. The van der Waals surface area contributed by atoms with Crippen LogP contribution in [-0.4, -0.2) is 56.4 Å². The van der Waals surface area contributed by atoms with Gasteiger partial charge in [0, 0.05) is 32.0 Å². The van der Waals surface area contributed by atoms with Crippen LogP contribution in [0.4, 0.5) is 11.6 Å². The lowest BCUT2D eigenvalue weighted by atomic mass is 10.2. The molecule has 0 unspecified atom stereocenters.